The predicted molar refractivity (Wildman–Crippen MR) is 62.7 cm³/mol. The number of H-pyrrole nitrogens is 1. The molecule has 0 radical (unpaired) electrons. The fourth-order valence-electron chi connectivity index (χ4n) is 1.33. The number of nitrogens with zero attached hydrogens (tertiary/aromatic N) is 4. The molecule has 18 heavy (non-hydrogen) atoms. The van der Waals surface area contributed by atoms with Crippen LogP contribution in [0.15, 0.2) is 21.2 Å². The zero-order valence-electron chi connectivity index (χ0n) is 10.00. The lowest BCUT2D eigenvalue weighted by molar-refractivity contribution is 0.168. The van der Waals surface area contributed by atoms with Crippen LogP contribution in [0.2, 0.25) is 0 Å². The molecular formula is C9H11N5O3S. The molecule has 0 aliphatic rings. The first kappa shape index (κ1) is 12.4. The second kappa shape index (κ2) is 4.69. The predicted octanol–water partition coefficient (Wildman–Crippen LogP) is 0.379. The van der Waals surface area contributed by atoms with Crippen molar-refractivity contribution in [2.75, 3.05) is 7.11 Å². The van der Waals surface area contributed by atoms with E-state index in [0.717, 1.165) is 16.4 Å². The molecule has 0 unspecified atom stereocenters. The highest BCUT2D eigenvalue weighted by Gasteiger charge is 2.18. The van der Waals surface area contributed by atoms with Crippen molar-refractivity contribution in [1.82, 2.24) is 24.5 Å². The fraction of sp³-hybridized carbons (Fsp3) is 0.333. The SMILES string of the molecule is COC(=O)n1[nH]c(C)c(Sc2nncn2C)c1=O. The summed E-state index contributed by atoms with van der Waals surface area (Å²) < 4.78 is 6.99. The molecule has 0 spiro atoms. The van der Waals surface area contributed by atoms with Crippen molar-refractivity contribution >= 4 is 17.9 Å². The van der Waals surface area contributed by atoms with E-state index in [0.29, 0.717) is 15.7 Å². The van der Waals surface area contributed by atoms with Gasteiger partial charge in [0.05, 0.1) is 7.11 Å². The molecule has 0 aromatic carbocycles. The van der Waals surface area contributed by atoms with Crippen LogP contribution >= 0.6 is 11.8 Å². The van der Waals surface area contributed by atoms with Gasteiger partial charge in [-0.15, -0.1) is 14.9 Å². The number of methoxy groups -OCH3 is 1. The molecule has 2 aromatic heterocycles. The Morgan fingerprint density at radius 1 is 1.56 bits per heavy atom. The summed E-state index contributed by atoms with van der Waals surface area (Å²) in [5.74, 6) is 0. The van der Waals surface area contributed by atoms with Gasteiger partial charge in [-0.2, -0.15) is 0 Å². The quantitative estimate of drug-likeness (QED) is 0.846. The van der Waals surface area contributed by atoms with Gasteiger partial charge in [-0.3, -0.25) is 9.89 Å². The van der Waals surface area contributed by atoms with Crippen molar-refractivity contribution in [3.05, 3.63) is 22.4 Å². The molecule has 1 N–H and O–H groups in total. The molecule has 0 amide bonds. The molecule has 9 heteroatoms. The highest BCUT2D eigenvalue weighted by atomic mass is 32.2. The lowest BCUT2D eigenvalue weighted by Gasteiger charge is -1.96. The Labute approximate surface area is 106 Å². The highest BCUT2D eigenvalue weighted by molar-refractivity contribution is 7.99. The number of aryl methyl sites for hydroxylation is 2. The number of aromatic nitrogens is 5. The average molecular weight is 269 g/mol. The number of carbonyl (C=O) groups excluding carboxylic acids is 1. The smallest absolute Gasteiger partial charge is 0.436 e. The normalized spacial score (nSPS) is 10.6. The van der Waals surface area contributed by atoms with E-state index in [1.165, 1.54) is 13.4 Å². The van der Waals surface area contributed by atoms with Crippen LogP contribution in [0, 0.1) is 6.92 Å². The van der Waals surface area contributed by atoms with Crippen molar-refractivity contribution in [3.63, 3.8) is 0 Å². The number of hydrogen-bond donors (Lipinski definition) is 1. The number of hydrogen-bond acceptors (Lipinski definition) is 6. The van der Waals surface area contributed by atoms with Gasteiger partial charge in [0, 0.05) is 12.7 Å². The lowest BCUT2D eigenvalue weighted by atomic mass is 10.5. The average Bonchev–Trinajstić information content (AvgIpc) is 2.87. The largest absolute Gasteiger partial charge is 0.451 e. The summed E-state index contributed by atoms with van der Waals surface area (Å²) in [6.45, 7) is 1.69. The van der Waals surface area contributed by atoms with Gasteiger partial charge in [-0.1, -0.05) is 0 Å². The van der Waals surface area contributed by atoms with Crippen molar-refractivity contribution in [1.29, 1.82) is 0 Å². The van der Waals surface area contributed by atoms with E-state index >= 15 is 0 Å². The van der Waals surface area contributed by atoms with Crippen LogP contribution < -0.4 is 5.56 Å². The molecule has 2 heterocycles. The third kappa shape index (κ3) is 2.04. The maximum Gasteiger partial charge on any atom is 0.436 e. The minimum atomic E-state index is -0.757. The molecule has 8 nitrogen and oxygen atoms in total. The summed E-state index contributed by atoms with van der Waals surface area (Å²) in [6.07, 6.45) is 0.774. The monoisotopic (exact) mass is 269 g/mol. The van der Waals surface area contributed by atoms with Gasteiger partial charge < -0.3 is 9.30 Å². The molecule has 0 fully saturated rings. The lowest BCUT2D eigenvalue weighted by Crippen LogP contribution is -2.25. The van der Waals surface area contributed by atoms with E-state index in [9.17, 15) is 9.59 Å². The van der Waals surface area contributed by atoms with Gasteiger partial charge in [0.15, 0.2) is 5.16 Å². The van der Waals surface area contributed by atoms with Crippen LogP contribution in [0.3, 0.4) is 0 Å². The Kier molecular flexibility index (Phi) is 3.24. The van der Waals surface area contributed by atoms with E-state index in [4.69, 9.17) is 0 Å². The van der Waals surface area contributed by atoms with Gasteiger partial charge in [0.1, 0.15) is 11.2 Å². The number of nitrogens with one attached hydrogen (secondary N) is 1. The van der Waals surface area contributed by atoms with E-state index in [2.05, 4.69) is 20.0 Å². The summed E-state index contributed by atoms with van der Waals surface area (Å²) in [7, 11) is 2.98. The van der Waals surface area contributed by atoms with Crippen LogP contribution in [-0.2, 0) is 11.8 Å². The van der Waals surface area contributed by atoms with Crippen molar-refractivity contribution in [2.24, 2.45) is 7.05 Å². The minimum absolute atomic E-state index is 0.386. The van der Waals surface area contributed by atoms with Gasteiger partial charge in [0.25, 0.3) is 5.56 Å². The zero-order valence-corrected chi connectivity index (χ0v) is 10.8. The molecule has 0 aliphatic carbocycles. The molecule has 96 valence electrons. The molecule has 0 bridgehead atoms. The van der Waals surface area contributed by atoms with Crippen molar-refractivity contribution < 1.29 is 9.53 Å². The molecule has 2 rings (SSSR count). The zero-order chi connectivity index (χ0) is 13.3. The van der Waals surface area contributed by atoms with Gasteiger partial charge in [-0.05, 0) is 18.7 Å². The molecule has 2 aromatic rings. The van der Waals surface area contributed by atoms with E-state index < -0.39 is 11.7 Å². The van der Waals surface area contributed by atoms with Gasteiger partial charge in [0.2, 0.25) is 0 Å². The van der Waals surface area contributed by atoms with E-state index in [1.807, 2.05) is 0 Å². The van der Waals surface area contributed by atoms with Crippen LogP contribution in [0.1, 0.15) is 5.69 Å². The van der Waals surface area contributed by atoms with Crippen molar-refractivity contribution in [3.8, 4) is 0 Å². The summed E-state index contributed by atoms with van der Waals surface area (Å²) in [4.78, 5) is 23.7. The maximum absolute atomic E-state index is 12.0. The summed E-state index contributed by atoms with van der Waals surface area (Å²) >= 11 is 1.14. The number of rotatable bonds is 2. The number of aromatic amines is 1. The second-order valence-corrected chi connectivity index (χ2v) is 4.48. The maximum atomic E-state index is 12.0. The number of ether oxygens (including phenoxy) is 1. The van der Waals surface area contributed by atoms with E-state index in [-0.39, 0.29) is 0 Å². The second-order valence-electron chi connectivity index (χ2n) is 3.50. The van der Waals surface area contributed by atoms with Crippen LogP contribution in [0.4, 0.5) is 4.79 Å². The summed E-state index contributed by atoms with van der Waals surface area (Å²) in [5, 5.41) is 10.8. The Hall–Kier alpha value is -2.03. The molecule has 0 atom stereocenters. The molecule has 0 saturated carbocycles. The van der Waals surface area contributed by atoms with E-state index in [1.54, 1.807) is 18.5 Å². The Morgan fingerprint density at radius 2 is 2.28 bits per heavy atom. The highest BCUT2D eigenvalue weighted by Crippen LogP contribution is 2.24. The first-order valence-electron chi connectivity index (χ1n) is 4.96. The first-order valence-corrected chi connectivity index (χ1v) is 5.78. The molecule has 0 saturated heterocycles. The van der Waals surface area contributed by atoms with Crippen LogP contribution in [-0.4, -0.2) is 37.7 Å². The standard InChI is InChI=1S/C9H11N5O3S/c1-5-6(18-8-11-10-4-13(8)2)7(15)14(12-5)9(16)17-3/h4,12H,1-3H3. The number of carbonyl (C=O) groups is 1. The minimum Gasteiger partial charge on any atom is -0.451 e. The van der Waals surface area contributed by atoms with Gasteiger partial charge in [-0.25, -0.2) is 4.79 Å². The summed E-state index contributed by atoms with van der Waals surface area (Å²) in [6, 6.07) is 0. The topological polar surface area (TPSA) is 94.8 Å². The Morgan fingerprint density at radius 3 is 2.83 bits per heavy atom. The molecule has 0 aliphatic heterocycles. The van der Waals surface area contributed by atoms with Crippen LogP contribution in [0.25, 0.3) is 0 Å². The Balaban J connectivity index is 2.41. The van der Waals surface area contributed by atoms with Gasteiger partial charge >= 0.3 is 6.09 Å². The third-order valence-corrected chi connectivity index (χ3v) is 3.47. The molecular weight excluding hydrogens is 258 g/mol. The summed E-state index contributed by atoms with van der Waals surface area (Å²) in [5.41, 5.74) is 0.103. The van der Waals surface area contributed by atoms with Crippen molar-refractivity contribution in [2.45, 2.75) is 17.0 Å². The Bertz CT molecular complexity index is 641. The fourth-order valence-corrected chi connectivity index (χ4v) is 2.17. The third-order valence-electron chi connectivity index (χ3n) is 2.24. The first-order chi connectivity index (χ1) is 8.54. The van der Waals surface area contributed by atoms with Crippen LogP contribution in [0.5, 0.6) is 0 Å².